The molecule has 8 nitrogen and oxygen atoms in total. The van der Waals surface area contributed by atoms with E-state index in [0.29, 0.717) is 22.3 Å². The third kappa shape index (κ3) is 3.35. The molecule has 0 bridgehead atoms. The van der Waals surface area contributed by atoms with Crippen LogP contribution in [0.15, 0.2) is 48.5 Å². The highest BCUT2D eigenvalue weighted by Crippen LogP contribution is 2.33. The number of amides is 2. The van der Waals surface area contributed by atoms with Crippen LogP contribution in [0.3, 0.4) is 0 Å². The SMILES string of the molecule is O=C1c2ccccc2C(=O)N1Cc1cccc([C@@H]2O[C@H](CO)[C@@H](O)[C@H](O)[C@H]2O)c1. The number of imide groups is 1. The first-order valence-electron chi connectivity index (χ1n) is 9.27. The maximum atomic E-state index is 12.6. The van der Waals surface area contributed by atoms with Gasteiger partial charge in [-0.1, -0.05) is 36.4 Å². The van der Waals surface area contributed by atoms with Gasteiger partial charge in [0.25, 0.3) is 11.8 Å². The van der Waals surface area contributed by atoms with Crippen LogP contribution in [0.25, 0.3) is 0 Å². The second kappa shape index (κ2) is 7.66. The first-order valence-corrected chi connectivity index (χ1v) is 9.27. The van der Waals surface area contributed by atoms with E-state index in [9.17, 15) is 30.0 Å². The van der Waals surface area contributed by atoms with Gasteiger partial charge in [0.2, 0.25) is 0 Å². The lowest BCUT2D eigenvalue weighted by Crippen LogP contribution is -2.55. The first kappa shape index (κ1) is 19.7. The van der Waals surface area contributed by atoms with Gasteiger partial charge in [-0.15, -0.1) is 0 Å². The summed E-state index contributed by atoms with van der Waals surface area (Å²) in [7, 11) is 0. The molecule has 2 aromatic carbocycles. The predicted molar refractivity (Wildman–Crippen MR) is 99.8 cm³/mol. The van der Waals surface area contributed by atoms with E-state index in [4.69, 9.17) is 4.74 Å². The Hall–Kier alpha value is -2.62. The standard InChI is InChI=1S/C21H21NO7/c23-10-15-16(24)17(25)18(26)19(29-15)12-5-3-4-11(8-12)9-22-20(27)13-6-1-2-7-14(13)21(22)28/h1-8,15-19,23-26H,9-10H2/t15-,16-,17+,18-,19+/m1/s1. The lowest BCUT2D eigenvalue weighted by atomic mass is 9.90. The van der Waals surface area contributed by atoms with Gasteiger partial charge in [0.1, 0.15) is 30.5 Å². The molecule has 5 atom stereocenters. The van der Waals surface area contributed by atoms with Crippen molar-refractivity contribution < 1.29 is 34.8 Å². The minimum absolute atomic E-state index is 0.0393. The van der Waals surface area contributed by atoms with Crippen LogP contribution in [0.2, 0.25) is 0 Å². The Morgan fingerprint density at radius 1 is 0.862 bits per heavy atom. The number of aliphatic hydroxyl groups is 4. The van der Waals surface area contributed by atoms with E-state index in [1.54, 1.807) is 48.5 Å². The van der Waals surface area contributed by atoms with Crippen molar-refractivity contribution in [2.45, 2.75) is 37.1 Å². The van der Waals surface area contributed by atoms with Crippen molar-refractivity contribution in [3.63, 3.8) is 0 Å². The molecule has 2 amide bonds. The fourth-order valence-electron chi connectivity index (χ4n) is 3.81. The van der Waals surface area contributed by atoms with Crippen LogP contribution in [0, 0.1) is 0 Å². The van der Waals surface area contributed by atoms with Gasteiger partial charge in [0.15, 0.2) is 0 Å². The molecular formula is C21H21NO7. The molecule has 29 heavy (non-hydrogen) atoms. The second-order valence-corrected chi connectivity index (χ2v) is 7.24. The molecule has 2 aromatic rings. The van der Waals surface area contributed by atoms with E-state index in [1.165, 1.54) is 0 Å². The van der Waals surface area contributed by atoms with E-state index in [0.717, 1.165) is 4.90 Å². The number of aliphatic hydroxyl groups excluding tert-OH is 4. The maximum absolute atomic E-state index is 12.6. The number of hydrogen-bond donors (Lipinski definition) is 4. The van der Waals surface area contributed by atoms with Crippen LogP contribution in [0.5, 0.6) is 0 Å². The average molecular weight is 399 g/mol. The summed E-state index contributed by atoms with van der Waals surface area (Å²) in [5, 5.41) is 39.6. The third-order valence-corrected chi connectivity index (χ3v) is 5.39. The summed E-state index contributed by atoms with van der Waals surface area (Å²) in [6.45, 7) is -0.478. The molecule has 0 aliphatic carbocycles. The van der Waals surface area contributed by atoms with E-state index in [2.05, 4.69) is 0 Å². The van der Waals surface area contributed by atoms with Crippen LogP contribution in [0.4, 0.5) is 0 Å². The third-order valence-electron chi connectivity index (χ3n) is 5.39. The minimum atomic E-state index is -1.48. The van der Waals surface area contributed by atoms with E-state index < -0.39 is 37.1 Å². The number of benzene rings is 2. The lowest BCUT2D eigenvalue weighted by molar-refractivity contribution is -0.231. The molecule has 1 saturated heterocycles. The zero-order valence-electron chi connectivity index (χ0n) is 15.4. The second-order valence-electron chi connectivity index (χ2n) is 7.24. The van der Waals surface area contributed by atoms with Crippen LogP contribution >= 0.6 is 0 Å². The predicted octanol–water partition coefficient (Wildman–Crippen LogP) is -0.00230. The Labute approximate surface area is 166 Å². The molecule has 2 heterocycles. The Morgan fingerprint density at radius 2 is 1.52 bits per heavy atom. The first-order chi connectivity index (χ1) is 13.9. The van der Waals surface area contributed by atoms with Crippen molar-refractivity contribution in [3.8, 4) is 0 Å². The molecule has 2 aliphatic rings. The normalized spacial score (nSPS) is 29.2. The highest BCUT2D eigenvalue weighted by Gasteiger charge is 2.44. The van der Waals surface area contributed by atoms with Crippen LogP contribution in [-0.2, 0) is 11.3 Å². The summed E-state index contributed by atoms with van der Waals surface area (Å²) in [4.78, 5) is 26.3. The molecule has 0 saturated carbocycles. The summed E-state index contributed by atoms with van der Waals surface area (Å²) in [6, 6.07) is 13.4. The number of fused-ring (bicyclic) bond motifs is 1. The Kier molecular flexibility index (Phi) is 5.20. The lowest BCUT2D eigenvalue weighted by Gasteiger charge is -2.40. The number of ether oxygens (including phenoxy) is 1. The van der Waals surface area contributed by atoms with Crippen molar-refractivity contribution in [3.05, 3.63) is 70.8 Å². The molecular weight excluding hydrogens is 378 g/mol. The molecule has 4 rings (SSSR count). The van der Waals surface area contributed by atoms with Crippen molar-refractivity contribution in [1.29, 1.82) is 0 Å². The minimum Gasteiger partial charge on any atom is -0.394 e. The van der Waals surface area contributed by atoms with Gasteiger partial charge in [0, 0.05) is 0 Å². The van der Waals surface area contributed by atoms with Gasteiger partial charge in [0.05, 0.1) is 24.3 Å². The number of hydrogen-bond acceptors (Lipinski definition) is 7. The number of carbonyl (C=O) groups excluding carboxylic acids is 2. The highest BCUT2D eigenvalue weighted by atomic mass is 16.5. The fraction of sp³-hybridized carbons (Fsp3) is 0.333. The van der Waals surface area contributed by atoms with Gasteiger partial charge < -0.3 is 25.2 Å². The van der Waals surface area contributed by atoms with E-state index in [1.807, 2.05) is 0 Å². The highest BCUT2D eigenvalue weighted by molar-refractivity contribution is 6.21. The number of carbonyl (C=O) groups is 2. The van der Waals surface area contributed by atoms with Crippen molar-refractivity contribution in [2.75, 3.05) is 6.61 Å². The van der Waals surface area contributed by atoms with Gasteiger partial charge >= 0.3 is 0 Å². The zero-order valence-corrected chi connectivity index (χ0v) is 15.4. The largest absolute Gasteiger partial charge is 0.394 e. The van der Waals surface area contributed by atoms with Crippen LogP contribution < -0.4 is 0 Å². The summed E-state index contributed by atoms with van der Waals surface area (Å²) >= 11 is 0. The zero-order chi connectivity index (χ0) is 20.7. The summed E-state index contributed by atoms with van der Waals surface area (Å²) in [5.74, 6) is -0.743. The smallest absolute Gasteiger partial charge is 0.261 e. The van der Waals surface area contributed by atoms with Gasteiger partial charge in [-0.3, -0.25) is 14.5 Å². The molecule has 2 aliphatic heterocycles. The van der Waals surface area contributed by atoms with Gasteiger partial charge in [-0.25, -0.2) is 0 Å². The monoisotopic (exact) mass is 399 g/mol. The summed E-state index contributed by atoms with van der Waals surface area (Å²) in [6.07, 6.45) is -6.31. The van der Waals surface area contributed by atoms with Crippen LogP contribution in [0.1, 0.15) is 37.9 Å². The van der Waals surface area contributed by atoms with E-state index >= 15 is 0 Å². The van der Waals surface area contributed by atoms with Crippen molar-refractivity contribution >= 4 is 11.8 Å². The average Bonchev–Trinajstić information content (AvgIpc) is 2.98. The molecule has 1 fully saturated rings. The summed E-state index contributed by atoms with van der Waals surface area (Å²) < 4.78 is 5.58. The Balaban J connectivity index is 1.57. The molecule has 4 N–H and O–H groups in total. The maximum Gasteiger partial charge on any atom is 0.261 e. The Bertz CT molecular complexity index is 909. The van der Waals surface area contributed by atoms with Crippen molar-refractivity contribution in [2.24, 2.45) is 0 Å². The fourth-order valence-corrected chi connectivity index (χ4v) is 3.81. The Morgan fingerprint density at radius 3 is 2.14 bits per heavy atom. The molecule has 8 heteroatoms. The molecule has 0 aromatic heterocycles. The topological polar surface area (TPSA) is 128 Å². The quantitative estimate of drug-likeness (QED) is 0.533. The summed E-state index contributed by atoms with van der Waals surface area (Å²) in [5.41, 5.74) is 1.86. The molecule has 0 unspecified atom stereocenters. The number of nitrogens with zero attached hydrogens (tertiary/aromatic N) is 1. The number of rotatable bonds is 4. The molecule has 0 radical (unpaired) electrons. The van der Waals surface area contributed by atoms with Gasteiger partial charge in [-0.2, -0.15) is 0 Å². The van der Waals surface area contributed by atoms with Gasteiger partial charge in [-0.05, 0) is 23.3 Å². The van der Waals surface area contributed by atoms with E-state index in [-0.39, 0.29) is 18.4 Å². The van der Waals surface area contributed by atoms with Crippen LogP contribution in [-0.4, -0.2) is 68.2 Å². The molecule has 152 valence electrons. The van der Waals surface area contributed by atoms with Crippen molar-refractivity contribution in [1.82, 2.24) is 4.90 Å². The molecule has 0 spiro atoms.